The minimum Gasteiger partial charge on any atom is -0.485 e. The first-order chi connectivity index (χ1) is 14.9. The van der Waals surface area contributed by atoms with E-state index in [4.69, 9.17) is 4.74 Å². The van der Waals surface area contributed by atoms with Crippen molar-refractivity contribution in [3.05, 3.63) is 77.1 Å². The van der Waals surface area contributed by atoms with E-state index in [1.165, 1.54) is 17.3 Å². The second kappa shape index (κ2) is 10.3. The molecule has 0 bridgehead atoms. The van der Waals surface area contributed by atoms with Crippen molar-refractivity contribution in [2.75, 3.05) is 11.1 Å². The highest BCUT2D eigenvalue weighted by atomic mass is 32.2. The van der Waals surface area contributed by atoms with Gasteiger partial charge in [0.15, 0.2) is 11.0 Å². The number of nitrogens with zero attached hydrogens (tertiary/aromatic N) is 3. The molecule has 0 saturated heterocycles. The van der Waals surface area contributed by atoms with Gasteiger partial charge in [0, 0.05) is 12.2 Å². The Kier molecular flexibility index (Phi) is 7.52. The lowest BCUT2D eigenvalue weighted by Gasteiger charge is -2.11. The zero-order chi connectivity index (χ0) is 22.4. The van der Waals surface area contributed by atoms with Crippen molar-refractivity contribution in [3.8, 4) is 5.75 Å². The lowest BCUT2D eigenvalue weighted by atomic mass is 10.1. The summed E-state index contributed by atoms with van der Waals surface area (Å²) in [4.78, 5) is 12.4. The van der Waals surface area contributed by atoms with Crippen LogP contribution >= 0.6 is 11.8 Å². The molecule has 2 aromatic carbocycles. The summed E-state index contributed by atoms with van der Waals surface area (Å²) in [6.07, 6.45) is 1.78. The zero-order valence-corrected chi connectivity index (χ0v) is 19.3. The van der Waals surface area contributed by atoms with Gasteiger partial charge in [0.2, 0.25) is 5.91 Å². The molecule has 0 aliphatic heterocycles. The van der Waals surface area contributed by atoms with Gasteiger partial charge in [0.1, 0.15) is 12.4 Å². The van der Waals surface area contributed by atoms with Crippen LogP contribution in [0.2, 0.25) is 0 Å². The number of ether oxygens (including phenoxy) is 1. The Balaban J connectivity index is 1.64. The number of aryl methyl sites for hydroxylation is 4. The normalized spacial score (nSPS) is 10.7. The summed E-state index contributed by atoms with van der Waals surface area (Å²) in [5.74, 6) is 1.67. The van der Waals surface area contributed by atoms with Crippen LogP contribution in [0, 0.1) is 27.7 Å². The largest absolute Gasteiger partial charge is 0.485 e. The molecule has 3 rings (SSSR count). The molecule has 0 aliphatic rings. The Morgan fingerprint density at radius 3 is 2.61 bits per heavy atom. The van der Waals surface area contributed by atoms with E-state index in [1.807, 2.05) is 62.6 Å². The molecule has 1 amide bonds. The number of hydrogen-bond acceptors (Lipinski definition) is 5. The van der Waals surface area contributed by atoms with Gasteiger partial charge in [-0.2, -0.15) is 0 Å². The van der Waals surface area contributed by atoms with Crippen molar-refractivity contribution in [1.82, 2.24) is 14.8 Å². The van der Waals surface area contributed by atoms with Crippen molar-refractivity contribution in [1.29, 1.82) is 0 Å². The van der Waals surface area contributed by atoms with Crippen molar-refractivity contribution in [3.63, 3.8) is 0 Å². The van der Waals surface area contributed by atoms with E-state index in [-0.39, 0.29) is 11.7 Å². The molecule has 6 nitrogen and oxygen atoms in total. The fraction of sp³-hybridized carbons (Fsp3) is 0.292. The van der Waals surface area contributed by atoms with Crippen molar-refractivity contribution in [2.45, 2.75) is 46.0 Å². The van der Waals surface area contributed by atoms with Crippen LogP contribution in [0.5, 0.6) is 5.75 Å². The quantitative estimate of drug-likeness (QED) is 0.377. The second-order valence-electron chi connectivity index (χ2n) is 7.49. The molecule has 1 aromatic heterocycles. The fourth-order valence-corrected chi connectivity index (χ4v) is 3.76. The maximum absolute atomic E-state index is 12.4. The van der Waals surface area contributed by atoms with Gasteiger partial charge in [0.05, 0.1) is 5.75 Å². The number of nitrogens with one attached hydrogen (secondary N) is 1. The Labute approximate surface area is 187 Å². The number of hydrogen-bond donors (Lipinski definition) is 1. The summed E-state index contributed by atoms with van der Waals surface area (Å²) in [6, 6.07) is 12.0. The molecule has 1 heterocycles. The molecule has 0 spiro atoms. The maximum Gasteiger partial charge on any atom is 0.234 e. The first-order valence-electron chi connectivity index (χ1n) is 10.1. The van der Waals surface area contributed by atoms with Gasteiger partial charge >= 0.3 is 0 Å². The first-order valence-corrected chi connectivity index (χ1v) is 11.1. The van der Waals surface area contributed by atoms with Crippen LogP contribution < -0.4 is 10.1 Å². The van der Waals surface area contributed by atoms with Gasteiger partial charge in [-0.25, -0.2) is 0 Å². The molecule has 162 valence electrons. The Morgan fingerprint density at radius 1 is 1.10 bits per heavy atom. The Hall–Kier alpha value is -3.06. The minimum absolute atomic E-state index is 0.0883. The second-order valence-corrected chi connectivity index (χ2v) is 8.43. The van der Waals surface area contributed by atoms with Gasteiger partial charge < -0.3 is 10.1 Å². The number of carbonyl (C=O) groups excluding carboxylic acids is 1. The molecule has 3 aromatic rings. The summed E-state index contributed by atoms with van der Waals surface area (Å²) < 4.78 is 7.91. The highest BCUT2D eigenvalue weighted by molar-refractivity contribution is 7.99. The predicted octanol–water partition coefficient (Wildman–Crippen LogP) is 5.01. The van der Waals surface area contributed by atoms with Crippen LogP contribution in [-0.2, 0) is 17.9 Å². The lowest BCUT2D eigenvalue weighted by molar-refractivity contribution is -0.113. The third-order valence-corrected chi connectivity index (χ3v) is 5.90. The van der Waals surface area contributed by atoms with Crippen LogP contribution in [0.25, 0.3) is 0 Å². The van der Waals surface area contributed by atoms with E-state index < -0.39 is 0 Å². The molecule has 0 saturated carbocycles. The summed E-state index contributed by atoms with van der Waals surface area (Å²) in [5, 5.41) is 12.1. The Morgan fingerprint density at radius 2 is 1.87 bits per heavy atom. The molecule has 0 fully saturated rings. The van der Waals surface area contributed by atoms with E-state index in [0.717, 1.165) is 28.1 Å². The number of aromatic nitrogens is 3. The third kappa shape index (κ3) is 5.98. The van der Waals surface area contributed by atoms with E-state index in [0.29, 0.717) is 24.1 Å². The molecular weight excluding hydrogens is 408 g/mol. The summed E-state index contributed by atoms with van der Waals surface area (Å²) in [5.41, 5.74) is 5.34. The van der Waals surface area contributed by atoms with E-state index >= 15 is 0 Å². The molecule has 7 heteroatoms. The predicted molar refractivity (Wildman–Crippen MR) is 126 cm³/mol. The van der Waals surface area contributed by atoms with Gasteiger partial charge in [-0.15, -0.1) is 16.8 Å². The van der Waals surface area contributed by atoms with Crippen molar-refractivity contribution < 1.29 is 9.53 Å². The molecule has 1 N–H and O–H groups in total. The highest BCUT2D eigenvalue weighted by Crippen LogP contribution is 2.22. The van der Waals surface area contributed by atoms with E-state index in [2.05, 4.69) is 28.2 Å². The number of benzene rings is 2. The average Bonchev–Trinajstić information content (AvgIpc) is 3.12. The number of carbonyl (C=O) groups is 1. The summed E-state index contributed by atoms with van der Waals surface area (Å²) >= 11 is 1.34. The number of allylic oxidation sites excluding steroid dienone is 1. The van der Waals surface area contributed by atoms with Crippen LogP contribution in [-0.4, -0.2) is 26.4 Å². The van der Waals surface area contributed by atoms with Gasteiger partial charge in [0.25, 0.3) is 0 Å². The van der Waals surface area contributed by atoms with Gasteiger partial charge in [-0.1, -0.05) is 36.0 Å². The van der Waals surface area contributed by atoms with Gasteiger partial charge in [-0.3, -0.25) is 9.36 Å². The molecular formula is C24H28N4O2S. The highest BCUT2D eigenvalue weighted by Gasteiger charge is 2.15. The van der Waals surface area contributed by atoms with Crippen LogP contribution in [0.15, 0.2) is 54.2 Å². The monoisotopic (exact) mass is 436 g/mol. The Bertz CT molecular complexity index is 1090. The molecule has 0 atom stereocenters. The van der Waals surface area contributed by atoms with Crippen LogP contribution in [0.4, 0.5) is 5.69 Å². The van der Waals surface area contributed by atoms with Crippen molar-refractivity contribution in [2.24, 2.45) is 0 Å². The smallest absolute Gasteiger partial charge is 0.234 e. The minimum atomic E-state index is -0.0883. The molecule has 0 aliphatic carbocycles. The number of thioether (sulfide) groups is 1. The van der Waals surface area contributed by atoms with Gasteiger partial charge in [-0.05, 0) is 68.1 Å². The van der Waals surface area contributed by atoms with E-state index in [1.54, 1.807) is 6.08 Å². The molecule has 0 unspecified atom stereocenters. The number of anilines is 1. The maximum atomic E-state index is 12.4. The van der Waals surface area contributed by atoms with Crippen LogP contribution in [0.1, 0.15) is 28.1 Å². The number of amides is 1. The zero-order valence-electron chi connectivity index (χ0n) is 18.4. The average molecular weight is 437 g/mol. The van der Waals surface area contributed by atoms with Crippen LogP contribution in [0.3, 0.4) is 0 Å². The summed E-state index contributed by atoms with van der Waals surface area (Å²) in [7, 11) is 0. The fourth-order valence-electron chi connectivity index (χ4n) is 3.00. The number of rotatable bonds is 9. The standard InChI is InChI=1S/C24H28N4O2S/c1-6-11-28-22(14-30-21-12-16(2)7-8-18(21)4)26-27-24(28)31-15-23(29)25-20-10-9-17(3)19(5)13-20/h6-10,12-13H,1,11,14-15H2,2-5H3,(H,25,29). The SMILES string of the molecule is C=CCn1c(COc2cc(C)ccc2C)nnc1SCC(=O)Nc1ccc(C)c(C)c1. The van der Waals surface area contributed by atoms with E-state index in [9.17, 15) is 4.79 Å². The molecule has 0 radical (unpaired) electrons. The third-order valence-electron chi connectivity index (χ3n) is 4.93. The van der Waals surface area contributed by atoms with Crippen molar-refractivity contribution >= 4 is 23.4 Å². The molecule has 31 heavy (non-hydrogen) atoms. The summed E-state index contributed by atoms with van der Waals surface area (Å²) in [6.45, 7) is 12.8. The topological polar surface area (TPSA) is 69.0 Å². The lowest BCUT2D eigenvalue weighted by Crippen LogP contribution is -2.15. The first kappa shape index (κ1) is 22.6.